The molecular weight excluding hydrogens is 226 g/mol. The van der Waals surface area contributed by atoms with Gasteiger partial charge < -0.3 is 18.8 Å². The highest BCUT2D eigenvalue weighted by molar-refractivity contribution is 7.53. The maximum absolute atomic E-state index is 11.8. The van der Waals surface area contributed by atoms with E-state index in [2.05, 4.69) is 0 Å². The first-order valence-electron chi connectivity index (χ1n) is 4.57. The van der Waals surface area contributed by atoms with Crippen LogP contribution in [-0.4, -0.2) is 35.3 Å². The summed E-state index contributed by atoms with van der Waals surface area (Å²) >= 11 is 0. The predicted octanol–water partition coefficient (Wildman–Crippen LogP) is 1.94. The van der Waals surface area contributed by atoms with Crippen molar-refractivity contribution in [2.75, 3.05) is 25.5 Å². The molecule has 0 amide bonds. The Balaban J connectivity index is 3.90. The normalized spacial score (nSPS) is 12.4. The molecule has 0 heterocycles. The van der Waals surface area contributed by atoms with Crippen LogP contribution in [0.2, 0.25) is 0 Å². The molecule has 7 heteroatoms. The second-order valence-electron chi connectivity index (χ2n) is 2.62. The standard InChI is InChI=1S/C7H18O5P2/c1-3-11-14(10,12-4-2)7-5-6-13(8)9/h8-9H,3-7H2,1-2H3. The second-order valence-corrected chi connectivity index (χ2v) is 6.00. The van der Waals surface area contributed by atoms with Gasteiger partial charge in [0, 0.05) is 6.16 Å². The fraction of sp³-hybridized carbons (Fsp3) is 1.00. The Morgan fingerprint density at radius 3 is 2.07 bits per heavy atom. The van der Waals surface area contributed by atoms with E-state index in [0.717, 1.165) is 0 Å². The maximum atomic E-state index is 11.8. The zero-order chi connectivity index (χ0) is 11.0. The van der Waals surface area contributed by atoms with E-state index in [-0.39, 0.29) is 12.3 Å². The van der Waals surface area contributed by atoms with E-state index in [4.69, 9.17) is 18.8 Å². The van der Waals surface area contributed by atoms with Crippen LogP contribution in [0.1, 0.15) is 20.3 Å². The lowest BCUT2D eigenvalue weighted by Crippen LogP contribution is -2.01. The fourth-order valence-corrected chi connectivity index (χ4v) is 3.32. The molecule has 0 spiro atoms. The fourth-order valence-electron chi connectivity index (χ4n) is 0.966. The summed E-state index contributed by atoms with van der Waals surface area (Å²) in [5.41, 5.74) is 0. The highest BCUT2D eigenvalue weighted by Gasteiger charge is 2.22. The minimum atomic E-state index is -2.99. The summed E-state index contributed by atoms with van der Waals surface area (Å²) in [6.45, 7) is 4.17. The Bertz CT molecular complexity index is 175. The van der Waals surface area contributed by atoms with Crippen molar-refractivity contribution in [1.29, 1.82) is 0 Å². The Morgan fingerprint density at radius 1 is 1.21 bits per heavy atom. The van der Waals surface area contributed by atoms with Crippen molar-refractivity contribution in [3.05, 3.63) is 0 Å². The van der Waals surface area contributed by atoms with Gasteiger partial charge in [-0.1, -0.05) is 0 Å². The van der Waals surface area contributed by atoms with Gasteiger partial charge in [0.2, 0.25) is 0 Å². The lowest BCUT2D eigenvalue weighted by atomic mass is 10.6. The molecule has 0 fully saturated rings. The molecule has 0 bridgehead atoms. The van der Waals surface area contributed by atoms with E-state index >= 15 is 0 Å². The molecule has 0 aromatic heterocycles. The molecule has 0 rings (SSSR count). The smallest absolute Gasteiger partial charge is 0.330 e. The molecule has 5 nitrogen and oxygen atoms in total. The summed E-state index contributed by atoms with van der Waals surface area (Å²) in [4.78, 5) is 17.3. The molecule has 0 saturated heterocycles. The van der Waals surface area contributed by atoms with Crippen molar-refractivity contribution in [2.24, 2.45) is 0 Å². The van der Waals surface area contributed by atoms with Crippen LogP contribution >= 0.6 is 16.0 Å². The summed E-state index contributed by atoms with van der Waals surface area (Å²) in [7, 11) is -4.89. The minimum Gasteiger partial charge on any atom is -0.350 e. The highest BCUT2D eigenvalue weighted by atomic mass is 31.2. The van der Waals surface area contributed by atoms with Crippen LogP contribution in [0, 0.1) is 0 Å². The van der Waals surface area contributed by atoms with Crippen LogP contribution in [0.5, 0.6) is 0 Å². The summed E-state index contributed by atoms with van der Waals surface area (Å²) in [6.07, 6.45) is 0.935. The molecule has 2 N–H and O–H groups in total. The van der Waals surface area contributed by atoms with Gasteiger partial charge in [-0.2, -0.15) is 0 Å². The molecule has 0 unspecified atom stereocenters. The molecule has 0 atom stereocenters. The van der Waals surface area contributed by atoms with Gasteiger partial charge in [-0.15, -0.1) is 0 Å². The average molecular weight is 244 g/mol. The second kappa shape index (κ2) is 7.75. The lowest BCUT2D eigenvalue weighted by molar-refractivity contribution is 0.220. The van der Waals surface area contributed by atoms with Gasteiger partial charge in [0.15, 0.2) is 8.38 Å². The van der Waals surface area contributed by atoms with E-state index in [9.17, 15) is 4.57 Å². The Kier molecular flexibility index (Phi) is 8.02. The summed E-state index contributed by atoms with van der Waals surface area (Å²) in [5.74, 6) is 0. The van der Waals surface area contributed by atoms with Gasteiger partial charge in [-0.25, -0.2) is 0 Å². The van der Waals surface area contributed by atoms with Crippen LogP contribution in [0.3, 0.4) is 0 Å². The summed E-state index contributed by atoms with van der Waals surface area (Å²) in [5, 5.41) is 0. The van der Waals surface area contributed by atoms with Crippen molar-refractivity contribution in [3.8, 4) is 0 Å². The molecule has 0 aliphatic heterocycles. The Hall–Kier alpha value is 0.500. The topological polar surface area (TPSA) is 76.0 Å². The molecule has 0 aliphatic carbocycles. The van der Waals surface area contributed by atoms with E-state index < -0.39 is 16.0 Å². The van der Waals surface area contributed by atoms with Gasteiger partial charge in [0.05, 0.1) is 19.4 Å². The SMILES string of the molecule is CCOP(=O)(CCCP(O)O)OCC. The van der Waals surface area contributed by atoms with Crippen molar-refractivity contribution in [3.63, 3.8) is 0 Å². The Labute approximate surface area is 85.9 Å². The molecule has 0 aromatic rings. The van der Waals surface area contributed by atoms with Crippen molar-refractivity contribution < 1.29 is 23.4 Å². The highest BCUT2D eigenvalue weighted by Crippen LogP contribution is 2.49. The third kappa shape index (κ3) is 6.88. The monoisotopic (exact) mass is 244 g/mol. The molecule has 0 radical (unpaired) electrons. The first kappa shape index (κ1) is 14.5. The lowest BCUT2D eigenvalue weighted by Gasteiger charge is -2.16. The third-order valence-electron chi connectivity index (χ3n) is 1.44. The third-order valence-corrected chi connectivity index (χ3v) is 4.33. The van der Waals surface area contributed by atoms with Gasteiger partial charge in [0.1, 0.15) is 0 Å². The Morgan fingerprint density at radius 2 is 1.71 bits per heavy atom. The van der Waals surface area contributed by atoms with E-state index in [1.54, 1.807) is 13.8 Å². The van der Waals surface area contributed by atoms with E-state index in [0.29, 0.717) is 19.6 Å². The van der Waals surface area contributed by atoms with E-state index in [1.165, 1.54) is 0 Å². The predicted molar refractivity (Wildman–Crippen MR) is 56.6 cm³/mol. The van der Waals surface area contributed by atoms with Crippen LogP contribution in [-0.2, 0) is 13.6 Å². The molecule has 0 aromatic carbocycles. The van der Waals surface area contributed by atoms with Crippen molar-refractivity contribution in [2.45, 2.75) is 20.3 Å². The largest absolute Gasteiger partial charge is 0.350 e. The van der Waals surface area contributed by atoms with Crippen LogP contribution in [0.15, 0.2) is 0 Å². The molecule has 86 valence electrons. The van der Waals surface area contributed by atoms with Gasteiger partial charge in [0.25, 0.3) is 0 Å². The number of hydrogen-bond donors (Lipinski definition) is 2. The maximum Gasteiger partial charge on any atom is 0.330 e. The molecular formula is C7H18O5P2. The first-order chi connectivity index (χ1) is 6.54. The number of rotatable bonds is 8. The molecule has 0 saturated carbocycles. The summed E-state index contributed by atoms with van der Waals surface area (Å²) in [6, 6.07) is 0. The van der Waals surface area contributed by atoms with Gasteiger partial charge in [-0.05, 0) is 20.3 Å². The van der Waals surface area contributed by atoms with Crippen LogP contribution in [0.25, 0.3) is 0 Å². The molecule has 0 aliphatic rings. The van der Waals surface area contributed by atoms with Crippen LogP contribution in [0.4, 0.5) is 0 Å². The van der Waals surface area contributed by atoms with E-state index in [1.807, 2.05) is 0 Å². The van der Waals surface area contributed by atoms with Gasteiger partial charge in [-0.3, -0.25) is 4.57 Å². The number of hydrogen-bond acceptors (Lipinski definition) is 5. The first-order valence-corrected chi connectivity index (χ1v) is 7.73. The van der Waals surface area contributed by atoms with Crippen molar-refractivity contribution in [1.82, 2.24) is 0 Å². The quantitative estimate of drug-likeness (QED) is 0.638. The van der Waals surface area contributed by atoms with Crippen molar-refractivity contribution >= 4 is 16.0 Å². The molecule has 14 heavy (non-hydrogen) atoms. The zero-order valence-corrected chi connectivity index (χ0v) is 10.3. The zero-order valence-electron chi connectivity index (χ0n) is 8.55. The van der Waals surface area contributed by atoms with Gasteiger partial charge >= 0.3 is 7.60 Å². The van der Waals surface area contributed by atoms with Crippen LogP contribution < -0.4 is 0 Å². The minimum absolute atomic E-state index is 0.245. The average Bonchev–Trinajstić information content (AvgIpc) is 2.03. The summed E-state index contributed by atoms with van der Waals surface area (Å²) < 4.78 is 21.9.